The van der Waals surface area contributed by atoms with E-state index in [0.29, 0.717) is 28.0 Å². The predicted molar refractivity (Wildman–Crippen MR) is 103 cm³/mol. The van der Waals surface area contributed by atoms with E-state index in [4.69, 9.17) is 30.5 Å². The van der Waals surface area contributed by atoms with Crippen molar-refractivity contribution in [2.45, 2.75) is 13.0 Å². The van der Waals surface area contributed by atoms with Crippen LogP contribution in [0.3, 0.4) is 0 Å². The number of carbonyl (C=O) groups is 2. The summed E-state index contributed by atoms with van der Waals surface area (Å²) in [4.78, 5) is 24.6. The van der Waals surface area contributed by atoms with Crippen molar-refractivity contribution in [1.29, 1.82) is 0 Å². The van der Waals surface area contributed by atoms with E-state index >= 15 is 0 Å². The molecule has 0 aliphatic rings. The Morgan fingerprint density at radius 1 is 0.929 bits per heavy atom. The van der Waals surface area contributed by atoms with E-state index in [-0.39, 0.29) is 5.56 Å². The number of benzene rings is 2. The largest absolute Gasteiger partial charge is 0.493 e. The molecular weight excluding hydrogens is 388 g/mol. The zero-order chi connectivity index (χ0) is 20.7. The van der Waals surface area contributed by atoms with Crippen molar-refractivity contribution in [3.05, 3.63) is 47.0 Å². The summed E-state index contributed by atoms with van der Waals surface area (Å²) in [5.41, 5.74) is 4.82. The van der Waals surface area contributed by atoms with Gasteiger partial charge in [0.15, 0.2) is 17.6 Å². The fraction of sp³-hybridized carbons (Fsp3) is 0.263. The minimum Gasteiger partial charge on any atom is -0.493 e. The highest BCUT2D eigenvalue weighted by Gasteiger charge is 2.19. The highest BCUT2D eigenvalue weighted by molar-refractivity contribution is 6.32. The Morgan fingerprint density at radius 2 is 1.54 bits per heavy atom. The Bertz CT molecular complexity index is 833. The van der Waals surface area contributed by atoms with Crippen LogP contribution < -0.4 is 29.8 Å². The van der Waals surface area contributed by atoms with Crippen molar-refractivity contribution < 1.29 is 28.5 Å². The Hall–Kier alpha value is -3.13. The minimum absolute atomic E-state index is 0.203. The van der Waals surface area contributed by atoms with E-state index in [2.05, 4.69) is 10.9 Å². The van der Waals surface area contributed by atoms with Gasteiger partial charge in [0, 0.05) is 5.56 Å². The average Bonchev–Trinajstić information content (AvgIpc) is 2.71. The molecule has 28 heavy (non-hydrogen) atoms. The van der Waals surface area contributed by atoms with Crippen molar-refractivity contribution in [1.82, 2.24) is 10.9 Å². The molecule has 9 heteroatoms. The van der Waals surface area contributed by atoms with E-state index in [1.165, 1.54) is 40.4 Å². The van der Waals surface area contributed by atoms with E-state index in [1.807, 2.05) is 0 Å². The van der Waals surface area contributed by atoms with Crippen LogP contribution in [0.2, 0.25) is 5.02 Å². The molecule has 0 saturated heterocycles. The van der Waals surface area contributed by atoms with Crippen LogP contribution in [0, 0.1) is 0 Å². The lowest BCUT2D eigenvalue weighted by Gasteiger charge is -2.17. The molecule has 2 amide bonds. The zero-order valence-electron chi connectivity index (χ0n) is 15.9. The molecule has 0 radical (unpaired) electrons. The molecule has 1 atom stereocenters. The Balaban J connectivity index is 2.03. The highest BCUT2D eigenvalue weighted by atomic mass is 35.5. The molecule has 2 N–H and O–H groups in total. The Morgan fingerprint density at radius 3 is 2.07 bits per heavy atom. The number of hydrogen-bond acceptors (Lipinski definition) is 6. The van der Waals surface area contributed by atoms with Crippen molar-refractivity contribution in [2.24, 2.45) is 0 Å². The predicted octanol–water partition coefficient (Wildman–Crippen LogP) is 2.59. The highest BCUT2D eigenvalue weighted by Crippen LogP contribution is 2.38. The molecule has 2 rings (SSSR count). The fourth-order valence-electron chi connectivity index (χ4n) is 2.29. The van der Waals surface area contributed by atoms with Gasteiger partial charge in [0.2, 0.25) is 5.75 Å². The molecule has 0 aliphatic carbocycles. The van der Waals surface area contributed by atoms with E-state index < -0.39 is 17.9 Å². The van der Waals surface area contributed by atoms with Crippen molar-refractivity contribution in [3.63, 3.8) is 0 Å². The number of nitrogens with one attached hydrogen (secondary N) is 2. The molecule has 0 aliphatic heterocycles. The van der Waals surface area contributed by atoms with Crippen molar-refractivity contribution >= 4 is 23.4 Å². The van der Waals surface area contributed by atoms with E-state index in [0.717, 1.165) is 0 Å². The number of hydrogen-bond donors (Lipinski definition) is 2. The summed E-state index contributed by atoms with van der Waals surface area (Å²) in [7, 11) is 4.34. The van der Waals surface area contributed by atoms with Gasteiger partial charge < -0.3 is 18.9 Å². The summed E-state index contributed by atoms with van der Waals surface area (Å²) in [5, 5.41) is 0.378. The second-order valence-electron chi connectivity index (χ2n) is 5.55. The second-order valence-corrected chi connectivity index (χ2v) is 5.96. The first-order chi connectivity index (χ1) is 13.4. The van der Waals surface area contributed by atoms with Gasteiger partial charge in [0.25, 0.3) is 11.8 Å². The van der Waals surface area contributed by atoms with Crippen LogP contribution in [0.5, 0.6) is 23.0 Å². The maximum atomic E-state index is 12.4. The van der Waals surface area contributed by atoms with Gasteiger partial charge in [-0.1, -0.05) is 23.7 Å². The van der Waals surface area contributed by atoms with Crippen molar-refractivity contribution in [3.8, 4) is 23.0 Å². The smallest absolute Gasteiger partial charge is 0.279 e. The fourth-order valence-corrected chi connectivity index (χ4v) is 2.47. The van der Waals surface area contributed by atoms with E-state index in [9.17, 15) is 9.59 Å². The lowest BCUT2D eigenvalue weighted by molar-refractivity contribution is -0.128. The lowest BCUT2D eigenvalue weighted by atomic mass is 10.1. The summed E-state index contributed by atoms with van der Waals surface area (Å²) < 4.78 is 21.1. The summed E-state index contributed by atoms with van der Waals surface area (Å²) in [6.07, 6.45) is -0.889. The van der Waals surface area contributed by atoms with Crippen LogP contribution in [-0.4, -0.2) is 39.2 Å². The number of methoxy groups -OCH3 is 3. The van der Waals surface area contributed by atoms with Crippen LogP contribution in [0.25, 0.3) is 0 Å². The quantitative estimate of drug-likeness (QED) is 0.684. The minimum atomic E-state index is -0.889. The third kappa shape index (κ3) is 4.98. The summed E-state index contributed by atoms with van der Waals surface area (Å²) in [6.45, 7) is 1.53. The van der Waals surface area contributed by atoms with Crippen LogP contribution in [0.4, 0.5) is 0 Å². The normalized spacial score (nSPS) is 11.2. The number of amides is 2. The monoisotopic (exact) mass is 408 g/mol. The number of hydrazine groups is 1. The number of rotatable bonds is 7. The van der Waals surface area contributed by atoms with Gasteiger partial charge in [-0.3, -0.25) is 20.4 Å². The van der Waals surface area contributed by atoms with Crippen LogP contribution in [0.15, 0.2) is 36.4 Å². The number of para-hydroxylation sites is 1. The molecule has 150 valence electrons. The molecule has 0 heterocycles. The SMILES string of the molecule is COc1cc(C(=O)NNC(=O)C(C)Oc2ccccc2Cl)cc(OC)c1OC. The maximum absolute atomic E-state index is 12.4. The topological polar surface area (TPSA) is 95.1 Å². The second kappa shape index (κ2) is 9.70. The van der Waals surface area contributed by atoms with Gasteiger partial charge in [0.05, 0.1) is 26.4 Å². The van der Waals surface area contributed by atoms with Gasteiger partial charge in [-0.05, 0) is 31.2 Å². The molecule has 0 spiro atoms. The number of carbonyl (C=O) groups excluding carboxylic acids is 2. The Kier molecular flexibility index (Phi) is 7.34. The van der Waals surface area contributed by atoms with Crippen LogP contribution >= 0.6 is 11.6 Å². The molecule has 0 aromatic heterocycles. The molecule has 0 fully saturated rings. The first-order valence-corrected chi connectivity index (χ1v) is 8.60. The van der Waals surface area contributed by atoms with Gasteiger partial charge in [-0.15, -0.1) is 0 Å². The van der Waals surface area contributed by atoms with Crippen LogP contribution in [0.1, 0.15) is 17.3 Å². The number of ether oxygens (including phenoxy) is 4. The molecular formula is C19H21ClN2O6. The van der Waals surface area contributed by atoms with Crippen molar-refractivity contribution in [2.75, 3.05) is 21.3 Å². The molecule has 0 saturated carbocycles. The van der Waals surface area contributed by atoms with Gasteiger partial charge in [-0.2, -0.15) is 0 Å². The average molecular weight is 409 g/mol. The summed E-state index contributed by atoms with van der Waals surface area (Å²) in [5.74, 6) is 0.218. The number of halogens is 1. The standard InChI is InChI=1S/C19H21ClN2O6/c1-11(28-14-8-6-5-7-13(14)20)18(23)21-22-19(24)12-9-15(25-2)17(27-4)16(10-12)26-3/h5-11H,1-4H3,(H,21,23)(H,22,24). The molecule has 2 aromatic rings. The third-order valence-corrected chi connectivity index (χ3v) is 4.05. The zero-order valence-corrected chi connectivity index (χ0v) is 16.6. The summed E-state index contributed by atoms with van der Waals surface area (Å²) >= 11 is 6.00. The Labute approximate surface area is 167 Å². The van der Waals surface area contributed by atoms with Gasteiger partial charge in [-0.25, -0.2) is 0 Å². The molecule has 8 nitrogen and oxygen atoms in total. The third-order valence-electron chi connectivity index (χ3n) is 3.74. The maximum Gasteiger partial charge on any atom is 0.279 e. The lowest BCUT2D eigenvalue weighted by Crippen LogP contribution is -2.47. The van der Waals surface area contributed by atoms with Gasteiger partial charge in [0.1, 0.15) is 5.75 Å². The molecule has 1 unspecified atom stereocenters. The summed E-state index contributed by atoms with van der Waals surface area (Å²) in [6, 6.07) is 9.70. The molecule has 0 bridgehead atoms. The van der Waals surface area contributed by atoms with Gasteiger partial charge >= 0.3 is 0 Å². The first-order valence-electron chi connectivity index (χ1n) is 8.22. The van der Waals surface area contributed by atoms with E-state index in [1.54, 1.807) is 24.3 Å². The molecule has 2 aromatic carbocycles. The van der Waals surface area contributed by atoms with Crippen LogP contribution in [-0.2, 0) is 4.79 Å². The first kappa shape index (κ1) is 21.2.